The van der Waals surface area contributed by atoms with Gasteiger partial charge in [-0.25, -0.2) is 9.97 Å². The van der Waals surface area contributed by atoms with Crippen molar-refractivity contribution in [2.75, 3.05) is 43.4 Å². The summed E-state index contributed by atoms with van der Waals surface area (Å²) in [5.41, 5.74) is 1.89. The number of rotatable bonds is 4. The summed E-state index contributed by atoms with van der Waals surface area (Å²) >= 11 is 0. The standard InChI is InChI=1S/C17H23N5O2/c1-12(13-3-4-15(23)16(24)9-13)21-5-7-22(8-6-21)17-19-10-14(18-2)11-20-17/h3-4,9-12,18,23-24H,5-8H2,1-2H3. The second kappa shape index (κ2) is 6.92. The van der Waals surface area contributed by atoms with Crippen molar-refractivity contribution < 1.29 is 10.2 Å². The summed E-state index contributed by atoms with van der Waals surface area (Å²) in [5, 5.41) is 22.1. The average Bonchev–Trinajstić information content (AvgIpc) is 2.63. The van der Waals surface area contributed by atoms with E-state index in [2.05, 4.69) is 32.0 Å². The SMILES string of the molecule is CNc1cnc(N2CCN(C(C)c3ccc(O)c(O)c3)CC2)nc1. The lowest BCUT2D eigenvalue weighted by Crippen LogP contribution is -2.47. The third-order valence-corrected chi connectivity index (χ3v) is 4.55. The van der Waals surface area contributed by atoms with E-state index in [-0.39, 0.29) is 17.5 Å². The minimum absolute atomic E-state index is 0.0731. The van der Waals surface area contributed by atoms with Gasteiger partial charge >= 0.3 is 0 Å². The molecule has 1 aromatic heterocycles. The Balaban J connectivity index is 1.62. The van der Waals surface area contributed by atoms with Crippen molar-refractivity contribution in [3.05, 3.63) is 36.2 Å². The Kier molecular flexibility index (Phi) is 4.71. The van der Waals surface area contributed by atoms with E-state index in [9.17, 15) is 10.2 Å². The van der Waals surface area contributed by atoms with Gasteiger partial charge in [0.2, 0.25) is 5.95 Å². The molecule has 2 aromatic rings. The summed E-state index contributed by atoms with van der Waals surface area (Å²) in [4.78, 5) is 13.3. The Labute approximate surface area is 141 Å². The van der Waals surface area contributed by atoms with Gasteiger partial charge in [0, 0.05) is 39.3 Å². The van der Waals surface area contributed by atoms with Crippen LogP contribution in [0.5, 0.6) is 11.5 Å². The number of benzene rings is 1. The highest BCUT2D eigenvalue weighted by Gasteiger charge is 2.23. The van der Waals surface area contributed by atoms with Crippen LogP contribution in [-0.4, -0.2) is 58.3 Å². The zero-order valence-corrected chi connectivity index (χ0v) is 14.0. The molecular weight excluding hydrogens is 306 g/mol. The molecular formula is C17H23N5O2. The highest BCUT2D eigenvalue weighted by Crippen LogP contribution is 2.30. The quantitative estimate of drug-likeness (QED) is 0.738. The van der Waals surface area contributed by atoms with E-state index in [1.165, 1.54) is 6.07 Å². The average molecular weight is 329 g/mol. The van der Waals surface area contributed by atoms with E-state index < -0.39 is 0 Å². The molecule has 1 aromatic carbocycles. The van der Waals surface area contributed by atoms with Crippen molar-refractivity contribution in [1.82, 2.24) is 14.9 Å². The topological polar surface area (TPSA) is 84.8 Å². The summed E-state index contributed by atoms with van der Waals surface area (Å²) in [7, 11) is 1.85. The molecule has 0 amide bonds. The number of piperazine rings is 1. The number of nitrogens with zero attached hydrogens (tertiary/aromatic N) is 4. The first-order valence-corrected chi connectivity index (χ1v) is 8.09. The Morgan fingerprint density at radius 3 is 2.29 bits per heavy atom. The number of hydrogen-bond acceptors (Lipinski definition) is 7. The second-order valence-corrected chi connectivity index (χ2v) is 5.97. The summed E-state index contributed by atoms with van der Waals surface area (Å²) in [6.07, 6.45) is 3.58. The number of aromatic nitrogens is 2. The van der Waals surface area contributed by atoms with E-state index in [1.807, 2.05) is 13.1 Å². The lowest BCUT2D eigenvalue weighted by Gasteiger charge is -2.38. The van der Waals surface area contributed by atoms with Gasteiger partial charge in [-0.15, -0.1) is 0 Å². The Morgan fingerprint density at radius 2 is 1.71 bits per heavy atom. The summed E-state index contributed by atoms with van der Waals surface area (Å²) in [6.45, 7) is 5.60. The van der Waals surface area contributed by atoms with Crippen molar-refractivity contribution >= 4 is 11.6 Å². The number of aromatic hydroxyl groups is 2. The van der Waals surface area contributed by atoms with Gasteiger partial charge in [0.1, 0.15) is 0 Å². The van der Waals surface area contributed by atoms with Crippen molar-refractivity contribution in [2.45, 2.75) is 13.0 Å². The zero-order chi connectivity index (χ0) is 17.1. The van der Waals surface area contributed by atoms with Gasteiger partial charge in [0.25, 0.3) is 0 Å². The van der Waals surface area contributed by atoms with Crippen LogP contribution < -0.4 is 10.2 Å². The molecule has 0 saturated carbocycles. The number of phenols is 2. The molecule has 24 heavy (non-hydrogen) atoms. The fourth-order valence-corrected chi connectivity index (χ4v) is 2.93. The van der Waals surface area contributed by atoms with Crippen LogP contribution in [0.2, 0.25) is 0 Å². The molecule has 3 N–H and O–H groups in total. The number of anilines is 2. The van der Waals surface area contributed by atoms with Gasteiger partial charge in [0.05, 0.1) is 18.1 Å². The van der Waals surface area contributed by atoms with Crippen LogP contribution in [-0.2, 0) is 0 Å². The van der Waals surface area contributed by atoms with E-state index in [0.29, 0.717) is 0 Å². The minimum Gasteiger partial charge on any atom is -0.504 e. The fourth-order valence-electron chi connectivity index (χ4n) is 2.93. The summed E-state index contributed by atoms with van der Waals surface area (Å²) in [6, 6.07) is 5.19. The third kappa shape index (κ3) is 3.35. The Hall–Kier alpha value is -2.54. The first-order chi connectivity index (χ1) is 11.6. The molecule has 7 nitrogen and oxygen atoms in total. The Bertz CT molecular complexity index is 684. The normalized spacial score (nSPS) is 16.8. The maximum Gasteiger partial charge on any atom is 0.225 e. The maximum atomic E-state index is 9.68. The summed E-state index contributed by atoms with van der Waals surface area (Å²) in [5.74, 6) is 0.595. The monoisotopic (exact) mass is 329 g/mol. The number of hydrogen-bond donors (Lipinski definition) is 3. The van der Waals surface area contributed by atoms with Crippen LogP contribution in [0.1, 0.15) is 18.5 Å². The highest BCUT2D eigenvalue weighted by atomic mass is 16.3. The van der Waals surface area contributed by atoms with Crippen molar-refractivity contribution in [1.29, 1.82) is 0 Å². The van der Waals surface area contributed by atoms with Crippen molar-refractivity contribution in [2.24, 2.45) is 0 Å². The molecule has 1 fully saturated rings. The van der Waals surface area contributed by atoms with Crippen LogP contribution in [0.3, 0.4) is 0 Å². The zero-order valence-electron chi connectivity index (χ0n) is 14.0. The third-order valence-electron chi connectivity index (χ3n) is 4.55. The van der Waals surface area contributed by atoms with Crippen LogP contribution in [0.25, 0.3) is 0 Å². The molecule has 1 aliphatic heterocycles. The van der Waals surface area contributed by atoms with Gasteiger partial charge in [-0.2, -0.15) is 0 Å². The van der Waals surface area contributed by atoms with Crippen LogP contribution >= 0.6 is 0 Å². The molecule has 1 unspecified atom stereocenters. The minimum atomic E-state index is -0.0852. The van der Waals surface area contributed by atoms with Gasteiger partial charge < -0.3 is 20.4 Å². The van der Waals surface area contributed by atoms with Crippen LogP contribution in [0.15, 0.2) is 30.6 Å². The molecule has 0 bridgehead atoms. The van der Waals surface area contributed by atoms with Crippen LogP contribution in [0.4, 0.5) is 11.6 Å². The lowest BCUT2D eigenvalue weighted by atomic mass is 10.1. The molecule has 0 aliphatic carbocycles. The van der Waals surface area contributed by atoms with Crippen molar-refractivity contribution in [3.8, 4) is 11.5 Å². The number of nitrogens with one attached hydrogen (secondary N) is 1. The molecule has 0 spiro atoms. The molecule has 7 heteroatoms. The predicted molar refractivity (Wildman–Crippen MR) is 93.6 cm³/mol. The van der Waals surface area contributed by atoms with Gasteiger partial charge in [-0.1, -0.05) is 6.07 Å². The lowest BCUT2D eigenvalue weighted by molar-refractivity contribution is 0.197. The predicted octanol–water partition coefficient (Wildman–Crippen LogP) is 1.81. The molecule has 1 atom stereocenters. The van der Waals surface area contributed by atoms with Gasteiger partial charge in [0.15, 0.2) is 11.5 Å². The van der Waals surface area contributed by atoms with E-state index in [0.717, 1.165) is 43.4 Å². The number of phenolic OH excluding ortho intramolecular Hbond substituents is 2. The van der Waals surface area contributed by atoms with E-state index in [4.69, 9.17) is 0 Å². The molecule has 2 heterocycles. The molecule has 128 valence electrons. The second-order valence-electron chi connectivity index (χ2n) is 5.97. The van der Waals surface area contributed by atoms with Crippen molar-refractivity contribution in [3.63, 3.8) is 0 Å². The van der Waals surface area contributed by atoms with E-state index in [1.54, 1.807) is 18.5 Å². The fraction of sp³-hybridized carbons (Fsp3) is 0.412. The molecule has 0 radical (unpaired) electrons. The molecule has 1 saturated heterocycles. The largest absolute Gasteiger partial charge is 0.504 e. The first kappa shape index (κ1) is 16.3. The smallest absolute Gasteiger partial charge is 0.225 e. The Morgan fingerprint density at radius 1 is 1.04 bits per heavy atom. The summed E-state index contributed by atoms with van der Waals surface area (Å²) < 4.78 is 0. The van der Waals surface area contributed by atoms with E-state index >= 15 is 0 Å². The van der Waals surface area contributed by atoms with Gasteiger partial charge in [-0.3, -0.25) is 4.90 Å². The highest BCUT2D eigenvalue weighted by molar-refractivity contribution is 5.42. The van der Waals surface area contributed by atoms with Crippen LogP contribution in [0, 0.1) is 0 Å². The molecule has 1 aliphatic rings. The molecule has 3 rings (SSSR count). The first-order valence-electron chi connectivity index (χ1n) is 8.09. The maximum absolute atomic E-state index is 9.68. The van der Waals surface area contributed by atoms with Gasteiger partial charge in [-0.05, 0) is 24.6 Å².